The van der Waals surface area contributed by atoms with Gasteiger partial charge in [0, 0.05) is 24.7 Å². The zero-order valence-corrected chi connectivity index (χ0v) is 12.2. The molecule has 1 aromatic carbocycles. The Hall–Kier alpha value is -2.05. The van der Waals surface area contributed by atoms with Crippen LogP contribution >= 0.6 is 11.6 Å². The molecule has 6 nitrogen and oxygen atoms in total. The smallest absolute Gasteiger partial charge is 0.241 e. The number of nitrogens with one attached hydrogen (secondary N) is 3. The first-order valence-corrected chi connectivity index (χ1v) is 6.94. The van der Waals surface area contributed by atoms with Gasteiger partial charge in [0.1, 0.15) is 5.75 Å². The quantitative estimate of drug-likeness (QED) is 0.807. The van der Waals surface area contributed by atoms with Gasteiger partial charge >= 0.3 is 0 Å². The molecule has 2 aromatic rings. The molecule has 1 aromatic heterocycles. The number of aromatic amines is 1. The molecule has 1 amide bonds. The minimum atomic E-state index is -0.303. The van der Waals surface area contributed by atoms with E-state index in [1.165, 1.54) is 7.11 Å². The highest BCUT2D eigenvalue weighted by atomic mass is 35.5. The molecule has 0 fully saturated rings. The molecule has 0 bridgehead atoms. The third-order valence-electron chi connectivity index (χ3n) is 3.47. The number of amides is 1. The third-order valence-corrected chi connectivity index (χ3v) is 3.78. The Morgan fingerprint density at radius 3 is 3.19 bits per heavy atom. The van der Waals surface area contributed by atoms with Gasteiger partial charge in [-0.05, 0) is 12.1 Å². The molecular formula is C14H15ClN4O2. The molecule has 0 saturated carbocycles. The monoisotopic (exact) mass is 306 g/mol. The van der Waals surface area contributed by atoms with Crippen LogP contribution in [0.25, 0.3) is 0 Å². The van der Waals surface area contributed by atoms with Gasteiger partial charge in [0.05, 0.1) is 35.9 Å². The maximum Gasteiger partial charge on any atom is 0.241 e. The number of carbonyl (C=O) groups excluding carboxylic acids is 1. The lowest BCUT2D eigenvalue weighted by Gasteiger charge is -2.22. The van der Waals surface area contributed by atoms with Crippen LogP contribution in [-0.4, -0.2) is 29.0 Å². The predicted octanol–water partition coefficient (Wildman–Crippen LogP) is 1.72. The Bertz CT molecular complexity index is 671. The number of fused-ring (bicyclic) bond motifs is 1. The number of nitrogens with zero attached hydrogens (tertiary/aromatic N) is 1. The number of anilines is 1. The lowest BCUT2D eigenvalue weighted by atomic mass is 10.0. The van der Waals surface area contributed by atoms with Crippen LogP contribution < -0.4 is 15.4 Å². The minimum absolute atomic E-state index is 0.104. The summed E-state index contributed by atoms with van der Waals surface area (Å²) in [6, 6.07) is 4.83. The summed E-state index contributed by atoms with van der Waals surface area (Å²) < 4.78 is 5.14. The lowest BCUT2D eigenvalue weighted by Crippen LogP contribution is -2.44. The molecule has 110 valence electrons. The van der Waals surface area contributed by atoms with E-state index in [0.29, 0.717) is 29.4 Å². The van der Waals surface area contributed by atoms with Crippen molar-refractivity contribution in [3.8, 4) is 5.75 Å². The first-order valence-electron chi connectivity index (χ1n) is 6.56. The zero-order chi connectivity index (χ0) is 14.8. The van der Waals surface area contributed by atoms with Gasteiger partial charge in [0.25, 0.3) is 0 Å². The normalized spacial score (nSPS) is 17.1. The molecule has 1 aliphatic heterocycles. The molecule has 3 rings (SSSR count). The van der Waals surface area contributed by atoms with Crippen molar-refractivity contribution in [3.63, 3.8) is 0 Å². The average molecular weight is 307 g/mol. The van der Waals surface area contributed by atoms with Crippen molar-refractivity contribution < 1.29 is 9.53 Å². The summed E-state index contributed by atoms with van der Waals surface area (Å²) in [6.07, 6.45) is 2.21. The van der Waals surface area contributed by atoms with Crippen molar-refractivity contribution in [1.82, 2.24) is 15.3 Å². The SMILES string of the molecule is COc1cc(NC(=O)C2Cc3nc[nH]c3CN2)ccc1Cl. The molecule has 0 saturated heterocycles. The summed E-state index contributed by atoms with van der Waals surface area (Å²) in [5, 5.41) is 6.55. The maximum atomic E-state index is 12.3. The molecule has 1 atom stereocenters. The van der Waals surface area contributed by atoms with Crippen LogP contribution in [0.3, 0.4) is 0 Å². The standard InChI is InChI=1S/C14H15ClN4O2/c1-21-13-4-8(2-3-9(13)15)19-14(20)11-5-10-12(6-16-11)18-7-17-10/h2-4,7,11,16H,5-6H2,1H3,(H,17,18)(H,19,20). The van der Waals surface area contributed by atoms with Crippen molar-refractivity contribution in [1.29, 1.82) is 0 Å². The number of carbonyl (C=O) groups is 1. The van der Waals surface area contributed by atoms with Gasteiger partial charge in [0.2, 0.25) is 5.91 Å². The van der Waals surface area contributed by atoms with Gasteiger partial charge in [0.15, 0.2) is 0 Å². The van der Waals surface area contributed by atoms with Crippen molar-refractivity contribution in [2.45, 2.75) is 19.0 Å². The fourth-order valence-corrected chi connectivity index (χ4v) is 2.52. The number of H-pyrrole nitrogens is 1. The van der Waals surface area contributed by atoms with E-state index in [2.05, 4.69) is 20.6 Å². The van der Waals surface area contributed by atoms with E-state index in [1.54, 1.807) is 24.5 Å². The Balaban J connectivity index is 1.70. The molecular weight excluding hydrogens is 292 g/mol. The van der Waals surface area contributed by atoms with Crippen LogP contribution in [-0.2, 0) is 17.8 Å². The van der Waals surface area contributed by atoms with E-state index in [-0.39, 0.29) is 11.9 Å². The van der Waals surface area contributed by atoms with Crippen LogP contribution in [0.1, 0.15) is 11.4 Å². The number of hydrogen-bond acceptors (Lipinski definition) is 4. The van der Waals surface area contributed by atoms with Gasteiger partial charge in [-0.15, -0.1) is 0 Å². The molecule has 0 radical (unpaired) electrons. The average Bonchev–Trinajstić information content (AvgIpc) is 2.96. The van der Waals surface area contributed by atoms with Gasteiger partial charge in [-0.3, -0.25) is 10.1 Å². The molecule has 21 heavy (non-hydrogen) atoms. The van der Waals surface area contributed by atoms with Crippen molar-refractivity contribution in [3.05, 3.63) is 40.9 Å². The zero-order valence-electron chi connectivity index (χ0n) is 11.4. The Morgan fingerprint density at radius 2 is 2.38 bits per heavy atom. The van der Waals surface area contributed by atoms with Gasteiger partial charge in [-0.1, -0.05) is 11.6 Å². The molecule has 1 unspecified atom stereocenters. The highest BCUT2D eigenvalue weighted by molar-refractivity contribution is 6.32. The van der Waals surface area contributed by atoms with Gasteiger partial charge in [-0.25, -0.2) is 4.98 Å². The van der Waals surface area contributed by atoms with Gasteiger partial charge in [-0.2, -0.15) is 0 Å². The Kier molecular flexibility index (Phi) is 3.81. The Morgan fingerprint density at radius 1 is 1.52 bits per heavy atom. The molecule has 2 heterocycles. The van der Waals surface area contributed by atoms with E-state index in [0.717, 1.165) is 11.4 Å². The predicted molar refractivity (Wildman–Crippen MR) is 79.6 cm³/mol. The van der Waals surface area contributed by atoms with E-state index in [9.17, 15) is 4.79 Å². The van der Waals surface area contributed by atoms with E-state index in [1.807, 2.05) is 0 Å². The molecule has 0 aliphatic carbocycles. The fourth-order valence-electron chi connectivity index (χ4n) is 2.32. The lowest BCUT2D eigenvalue weighted by molar-refractivity contribution is -0.118. The van der Waals surface area contributed by atoms with Crippen LogP contribution in [0.15, 0.2) is 24.5 Å². The summed E-state index contributed by atoms with van der Waals surface area (Å²) >= 11 is 5.96. The summed E-state index contributed by atoms with van der Waals surface area (Å²) in [6.45, 7) is 0.608. The number of benzene rings is 1. The summed E-state index contributed by atoms with van der Waals surface area (Å²) in [7, 11) is 1.54. The van der Waals surface area contributed by atoms with Crippen LogP contribution in [0.2, 0.25) is 5.02 Å². The summed E-state index contributed by atoms with van der Waals surface area (Å²) in [5.41, 5.74) is 2.62. The molecule has 3 N–H and O–H groups in total. The number of imidazole rings is 1. The summed E-state index contributed by atoms with van der Waals surface area (Å²) in [4.78, 5) is 19.6. The molecule has 7 heteroatoms. The first kappa shape index (κ1) is 13.9. The van der Waals surface area contributed by atoms with Crippen molar-refractivity contribution >= 4 is 23.2 Å². The summed E-state index contributed by atoms with van der Waals surface area (Å²) in [5.74, 6) is 0.425. The topological polar surface area (TPSA) is 79.0 Å². The Labute approximate surface area is 126 Å². The van der Waals surface area contributed by atoms with Crippen LogP contribution in [0.5, 0.6) is 5.75 Å². The number of halogens is 1. The first-order chi connectivity index (χ1) is 10.2. The largest absolute Gasteiger partial charge is 0.495 e. The number of hydrogen-bond donors (Lipinski definition) is 3. The molecule has 0 spiro atoms. The number of aromatic nitrogens is 2. The van der Waals surface area contributed by atoms with Crippen LogP contribution in [0, 0.1) is 0 Å². The minimum Gasteiger partial charge on any atom is -0.495 e. The maximum absolute atomic E-state index is 12.3. The van der Waals surface area contributed by atoms with Crippen molar-refractivity contribution in [2.75, 3.05) is 12.4 Å². The highest BCUT2D eigenvalue weighted by Gasteiger charge is 2.25. The third kappa shape index (κ3) is 2.86. The highest BCUT2D eigenvalue weighted by Crippen LogP contribution is 2.27. The number of ether oxygens (including phenoxy) is 1. The number of rotatable bonds is 3. The second-order valence-electron chi connectivity index (χ2n) is 4.80. The van der Waals surface area contributed by atoms with Crippen molar-refractivity contribution in [2.24, 2.45) is 0 Å². The molecule has 1 aliphatic rings. The van der Waals surface area contributed by atoms with E-state index < -0.39 is 0 Å². The second-order valence-corrected chi connectivity index (χ2v) is 5.21. The van der Waals surface area contributed by atoms with Crippen LogP contribution in [0.4, 0.5) is 5.69 Å². The number of methoxy groups -OCH3 is 1. The van der Waals surface area contributed by atoms with E-state index >= 15 is 0 Å². The van der Waals surface area contributed by atoms with Gasteiger partial charge < -0.3 is 15.0 Å². The second kappa shape index (κ2) is 5.75. The van der Waals surface area contributed by atoms with E-state index in [4.69, 9.17) is 16.3 Å². The fraction of sp³-hybridized carbons (Fsp3) is 0.286.